The van der Waals surface area contributed by atoms with Crippen LogP contribution in [0, 0.1) is 6.92 Å². The molecule has 0 N–H and O–H groups in total. The van der Waals surface area contributed by atoms with Crippen molar-refractivity contribution in [3.63, 3.8) is 0 Å². The number of fused-ring (bicyclic) bond motifs is 2. The van der Waals surface area contributed by atoms with Crippen LogP contribution in [-0.2, 0) is 22.0 Å². The van der Waals surface area contributed by atoms with Gasteiger partial charge < -0.3 is 0 Å². The van der Waals surface area contributed by atoms with E-state index >= 15 is 0 Å². The van der Waals surface area contributed by atoms with Crippen molar-refractivity contribution in [3.8, 4) is 0 Å². The second-order valence-corrected chi connectivity index (χ2v) is 10.6. The molecular formula is C19H24N2O2S2. The van der Waals surface area contributed by atoms with E-state index < -0.39 is 10.0 Å². The minimum absolute atomic E-state index is 0.0263. The van der Waals surface area contributed by atoms with E-state index in [1.807, 2.05) is 29.5 Å². The topological polar surface area (TPSA) is 40.6 Å². The fourth-order valence-corrected chi connectivity index (χ4v) is 6.17. The van der Waals surface area contributed by atoms with Crippen molar-refractivity contribution < 1.29 is 8.42 Å². The van der Waals surface area contributed by atoms with Gasteiger partial charge in [0, 0.05) is 28.3 Å². The van der Waals surface area contributed by atoms with Crippen molar-refractivity contribution in [3.05, 3.63) is 51.7 Å². The predicted octanol–water partition coefficient (Wildman–Crippen LogP) is 3.37. The lowest BCUT2D eigenvalue weighted by atomic mass is 9.74. The van der Waals surface area contributed by atoms with Crippen LogP contribution < -0.4 is 4.31 Å². The highest BCUT2D eigenvalue weighted by atomic mass is 32.2. The van der Waals surface area contributed by atoms with Gasteiger partial charge in [-0.2, -0.15) is 0 Å². The highest BCUT2D eigenvalue weighted by Gasteiger charge is 2.46. The van der Waals surface area contributed by atoms with Gasteiger partial charge in [-0.3, -0.25) is 9.21 Å². The minimum atomic E-state index is -3.23. The Balaban J connectivity index is 1.54. The average Bonchev–Trinajstić information content (AvgIpc) is 3.12. The summed E-state index contributed by atoms with van der Waals surface area (Å²) < 4.78 is 26.1. The molecule has 134 valence electrons. The predicted molar refractivity (Wildman–Crippen MR) is 104 cm³/mol. The molecule has 2 aromatic rings. The number of piperidine rings is 1. The second kappa shape index (κ2) is 6.11. The molecule has 1 aromatic carbocycles. The fraction of sp³-hybridized carbons (Fsp3) is 0.474. The third kappa shape index (κ3) is 3.11. The first-order chi connectivity index (χ1) is 11.9. The Labute approximate surface area is 154 Å². The number of anilines is 1. The zero-order chi connectivity index (χ0) is 17.7. The summed E-state index contributed by atoms with van der Waals surface area (Å²) in [6, 6.07) is 12.4. The van der Waals surface area contributed by atoms with E-state index in [4.69, 9.17) is 0 Å². The highest BCUT2D eigenvalue weighted by Crippen LogP contribution is 2.47. The van der Waals surface area contributed by atoms with Crippen molar-refractivity contribution in [2.75, 3.05) is 30.2 Å². The summed E-state index contributed by atoms with van der Waals surface area (Å²) in [5.74, 6) is 0. The second-order valence-electron chi connectivity index (χ2n) is 7.36. The standard InChI is InChI=1S/C19H24N2O2S2/c1-15-7-8-16(24-15)13-20-11-9-19(10-12-20)14-21(25(2,22)23)18-6-4-3-5-17(18)19/h3-8H,9-14H2,1-2H3. The number of hydrogen-bond acceptors (Lipinski definition) is 4. The lowest BCUT2D eigenvalue weighted by Gasteiger charge is -2.39. The molecular weight excluding hydrogens is 352 g/mol. The van der Waals surface area contributed by atoms with E-state index in [1.54, 1.807) is 4.31 Å². The van der Waals surface area contributed by atoms with Crippen LogP contribution >= 0.6 is 11.3 Å². The summed E-state index contributed by atoms with van der Waals surface area (Å²) in [4.78, 5) is 5.28. The monoisotopic (exact) mass is 376 g/mol. The van der Waals surface area contributed by atoms with E-state index in [0.29, 0.717) is 6.54 Å². The summed E-state index contributed by atoms with van der Waals surface area (Å²) >= 11 is 1.87. The van der Waals surface area contributed by atoms with Gasteiger partial charge in [0.2, 0.25) is 10.0 Å². The van der Waals surface area contributed by atoms with Crippen LogP contribution in [0.25, 0.3) is 0 Å². The summed E-state index contributed by atoms with van der Waals surface area (Å²) in [5.41, 5.74) is 2.07. The Kier molecular flexibility index (Phi) is 4.17. The van der Waals surface area contributed by atoms with Gasteiger partial charge >= 0.3 is 0 Å². The molecule has 0 atom stereocenters. The van der Waals surface area contributed by atoms with Gasteiger partial charge in [0.1, 0.15) is 0 Å². The van der Waals surface area contributed by atoms with Gasteiger partial charge in [0.05, 0.1) is 11.9 Å². The molecule has 0 aliphatic carbocycles. The van der Waals surface area contributed by atoms with Gasteiger partial charge in [0.15, 0.2) is 0 Å². The quantitative estimate of drug-likeness (QED) is 0.825. The zero-order valence-corrected chi connectivity index (χ0v) is 16.4. The molecule has 0 amide bonds. The van der Waals surface area contributed by atoms with Crippen molar-refractivity contribution in [2.45, 2.75) is 31.7 Å². The normalized spacial score (nSPS) is 20.2. The first kappa shape index (κ1) is 17.1. The van der Waals surface area contributed by atoms with Gasteiger partial charge in [-0.15, -0.1) is 11.3 Å². The van der Waals surface area contributed by atoms with Crippen LogP contribution in [0.2, 0.25) is 0 Å². The third-order valence-electron chi connectivity index (χ3n) is 5.58. The van der Waals surface area contributed by atoms with E-state index in [9.17, 15) is 8.42 Å². The number of hydrogen-bond donors (Lipinski definition) is 0. The van der Waals surface area contributed by atoms with E-state index in [-0.39, 0.29) is 5.41 Å². The number of nitrogens with zero attached hydrogens (tertiary/aromatic N) is 2. The van der Waals surface area contributed by atoms with Crippen LogP contribution in [0.1, 0.15) is 28.2 Å². The number of thiophene rings is 1. The maximum absolute atomic E-state index is 12.2. The molecule has 3 heterocycles. The SMILES string of the molecule is Cc1ccc(CN2CCC3(CC2)CN(S(C)(=O)=O)c2ccccc23)s1. The first-order valence-corrected chi connectivity index (χ1v) is 11.4. The smallest absolute Gasteiger partial charge is 0.232 e. The van der Waals surface area contributed by atoms with Gasteiger partial charge in [-0.25, -0.2) is 8.42 Å². The Morgan fingerprint density at radius 1 is 1.12 bits per heavy atom. The van der Waals surface area contributed by atoms with Crippen LogP contribution in [0.5, 0.6) is 0 Å². The number of para-hydroxylation sites is 1. The Morgan fingerprint density at radius 2 is 1.84 bits per heavy atom. The minimum Gasteiger partial charge on any atom is -0.298 e. The lowest BCUT2D eigenvalue weighted by Crippen LogP contribution is -2.45. The zero-order valence-electron chi connectivity index (χ0n) is 14.7. The van der Waals surface area contributed by atoms with E-state index in [2.05, 4.69) is 30.0 Å². The molecule has 1 fully saturated rings. The Morgan fingerprint density at radius 3 is 2.48 bits per heavy atom. The van der Waals surface area contributed by atoms with Crippen molar-refractivity contribution in [2.24, 2.45) is 0 Å². The van der Waals surface area contributed by atoms with Gasteiger partial charge in [-0.1, -0.05) is 18.2 Å². The number of sulfonamides is 1. The summed E-state index contributed by atoms with van der Waals surface area (Å²) in [5, 5.41) is 0. The number of aryl methyl sites for hydroxylation is 1. The van der Waals surface area contributed by atoms with Gasteiger partial charge in [-0.05, 0) is 56.6 Å². The maximum Gasteiger partial charge on any atom is 0.232 e. The first-order valence-electron chi connectivity index (χ1n) is 8.72. The van der Waals surface area contributed by atoms with Crippen LogP contribution in [-0.4, -0.2) is 39.2 Å². The van der Waals surface area contributed by atoms with Gasteiger partial charge in [0.25, 0.3) is 0 Å². The molecule has 25 heavy (non-hydrogen) atoms. The molecule has 4 nitrogen and oxygen atoms in total. The molecule has 1 saturated heterocycles. The molecule has 1 aromatic heterocycles. The summed E-state index contributed by atoms with van der Waals surface area (Å²) in [6.45, 7) is 5.78. The molecule has 0 saturated carbocycles. The Bertz CT molecular complexity index is 880. The number of benzene rings is 1. The molecule has 0 radical (unpaired) electrons. The summed E-state index contributed by atoms with van der Waals surface area (Å²) in [6.07, 6.45) is 3.35. The molecule has 4 rings (SSSR count). The molecule has 2 aliphatic rings. The maximum atomic E-state index is 12.2. The molecule has 0 bridgehead atoms. The largest absolute Gasteiger partial charge is 0.298 e. The van der Waals surface area contributed by atoms with E-state index in [1.165, 1.54) is 21.6 Å². The summed E-state index contributed by atoms with van der Waals surface area (Å²) in [7, 11) is -3.23. The molecule has 1 spiro atoms. The molecule has 6 heteroatoms. The number of likely N-dealkylation sites (tertiary alicyclic amines) is 1. The third-order valence-corrected chi connectivity index (χ3v) is 7.69. The van der Waals surface area contributed by atoms with Crippen molar-refractivity contribution >= 4 is 27.0 Å². The van der Waals surface area contributed by atoms with Crippen molar-refractivity contribution in [1.82, 2.24) is 4.90 Å². The fourth-order valence-electron chi connectivity index (χ4n) is 4.24. The van der Waals surface area contributed by atoms with Crippen LogP contribution in [0.15, 0.2) is 36.4 Å². The number of rotatable bonds is 3. The lowest BCUT2D eigenvalue weighted by molar-refractivity contribution is 0.162. The average molecular weight is 377 g/mol. The Hall–Kier alpha value is -1.37. The molecule has 0 unspecified atom stereocenters. The van der Waals surface area contributed by atoms with Crippen LogP contribution in [0.4, 0.5) is 5.69 Å². The highest BCUT2D eigenvalue weighted by molar-refractivity contribution is 7.92. The van der Waals surface area contributed by atoms with Crippen LogP contribution in [0.3, 0.4) is 0 Å². The van der Waals surface area contributed by atoms with Crippen molar-refractivity contribution in [1.29, 1.82) is 0 Å². The van der Waals surface area contributed by atoms with E-state index in [0.717, 1.165) is 38.2 Å². The molecule has 2 aliphatic heterocycles.